The third-order valence-electron chi connectivity index (χ3n) is 6.71. The second kappa shape index (κ2) is 10.5. The molecule has 0 unspecified atom stereocenters. The molecule has 184 valence electrons. The highest BCUT2D eigenvalue weighted by Gasteiger charge is 2.22. The highest BCUT2D eigenvalue weighted by molar-refractivity contribution is 6.20. The van der Waals surface area contributed by atoms with Crippen molar-refractivity contribution in [3.05, 3.63) is 95.6 Å². The van der Waals surface area contributed by atoms with Crippen LogP contribution < -0.4 is 4.74 Å². The molecule has 4 aromatic rings. The van der Waals surface area contributed by atoms with Crippen LogP contribution in [0.4, 0.5) is 8.78 Å². The first-order chi connectivity index (χ1) is 17.5. The average molecular weight is 488 g/mol. The summed E-state index contributed by atoms with van der Waals surface area (Å²) >= 11 is 0. The lowest BCUT2D eigenvalue weighted by atomic mass is 9.89. The lowest BCUT2D eigenvalue weighted by Gasteiger charge is -2.26. The maximum atomic E-state index is 14.8. The van der Waals surface area contributed by atoms with E-state index in [0.29, 0.717) is 28.7 Å². The second-order valence-corrected chi connectivity index (χ2v) is 9.10. The maximum absolute atomic E-state index is 14.8. The van der Waals surface area contributed by atoms with E-state index >= 15 is 0 Å². The summed E-state index contributed by atoms with van der Waals surface area (Å²) < 4.78 is 34.7. The van der Waals surface area contributed by atoms with Gasteiger partial charge in [-0.05, 0) is 90.8 Å². The third-order valence-corrected chi connectivity index (χ3v) is 6.71. The minimum atomic E-state index is -1.01. The topological polar surface area (TPSA) is 49.8 Å². The Morgan fingerprint density at radius 2 is 1.67 bits per heavy atom. The van der Waals surface area contributed by atoms with Crippen LogP contribution >= 0.6 is 0 Å². The Kier molecular flexibility index (Phi) is 6.96. The maximum Gasteiger partial charge on any atom is 0.194 e. The van der Waals surface area contributed by atoms with Gasteiger partial charge in [-0.15, -0.1) is 0 Å². The third kappa shape index (κ3) is 4.95. The number of phenolic OH excluding ortho intramolecular Hbond substituents is 1. The smallest absolute Gasteiger partial charge is 0.194 e. The largest absolute Gasteiger partial charge is 0.508 e. The van der Waals surface area contributed by atoms with Gasteiger partial charge in [-0.25, -0.2) is 8.78 Å². The number of hydrogen-bond acceptors (Lipinski definition) is 4. The molecule has 0 spiro atoms. The molecule has 0 radical (unpaired) electrons. The number of fused-ring (bicyclic) bond motifs is 1. The number of piperidine rings is 1. The van der Waals surface area contributed by atoms with Gasteiger partial charge in [0.15, 0.2) is 17.4 Å². The van der Waals surface area contributed by atoms with Gasteiger partial charge >= 0.3 is 0 Å². The van der Waals surface area contributed by atoms with Crippen molar-refractivity contribution in [1.29, 1.82) is 0 Å². The summed E-state index contributed by atoms with van der Waals surface area (Å²) in [4.78, 5) is 16.1. The molecule has 1 heterocycles. The first-order valence-electron chi connectivity index (χ1n) is 12.2. The Balaban J connectivity index is 1.45. The van der Waals surface area contributed by atoms with E-state index in [1.807, 2.05) is 0 Å². The number of rotatable bonds is 7. The molecule has 0 aliphatic carbocycles. The first-order valence-corrected chi connectivity index (χ1v) is 12.2. The predicted octanol–water partition coefficient (Wildman–Crippen LogP) is 6.59. The number of carbonyl (C=O) groups is 1. The number of phenols is 1. The number of ketones is 1. The summed E-state index contributed by atoms with van der Waals surface area (Å²) in [7, 11) is 0. The van der Waals surface area contributed by atoms with Gasteiger partial charge in [0.25, 0.3) is 0 Å². The first kappa shape index (κ1) is 23.9. The van der Waals surface area contributed by atoms with E-state index in [-0.39, 0.29) is 28.2 Å². The highest BCUT2D eigenvalue weighted by atomic mass is 19.2. The fraction of sp³-hybridized carbons (Fsp3) is 0.233. The molecular formula is C30H27F2NO3. The summed E-state index contributed by atoms with van der Waals surface area (Å²) in [5.41, 5.74) is 0.941. The standard InChI is InChI=1S/C30H27F2NO3/c31-27-6-4-5-26(29(27)32)25-13-9-21-19-22(34)10-14-24(21)28(25)30(35)20-7-11-23(12-8-20)36-18-17-33-15-2-1-3-16-33/h4-14,19,34H,1-3,15-18H2. The van der Waals surface area contributed by atoms with Crippen LogP contribution in [0.25, 0.3) is 21.9 Å². The van der Waals surface area contributed by atoms with Crippen molar-refractivity contribution < 1.29 is 23.4 Å². The summed E-state index contributed by atoms with van der Waals surface area (Å²) in [6, 6.07) is 18.7. The monoisotopic (exact) mass is 487 g/mol. The molecule has 0 saturated carbocycles. The van der Waals surface area contributed by atoms with E-state index in [2.05, 4.69) is 4.90 Å². The Morgan fingerprint density at radius 3 is 2.44 bits per heavy atom. The van der Waals surface area contributed by atoms with Gasteiger partial charge < -0.3 is 9.84 Å². The lowest BCUT2D eigenvalue weighted by molar-refractivity contribution is 0.104. The van der Waals surface area contributed by atoms with Crippen molar-refractivity contribution in [3.8, 4) is 22.6 Å². The Hall–Kier alpha value is -3.77. The number of carbonyl (C=O) groups excluding carboxylic acids is 1. The molecule has 5 rings (SSSR count). The van der Waals surface area contributed by atoms with E-state index in [9.17, 15) is 18.7 Å². The quantitative estimate of drug-likeness (QED) is 0.299. The van der Waals surface area contributed by atoms with E-state index in [4.69, 9.17) is 4.74 Å². The molecule has 1 saturated heterocycles. The predicted molar refractivity (Wildman–Crippen MR) is 137 cm³/mol. The molecule has 0 amide bonds. The van der Waals surface area contributed by atoms with Crippen LogP contribution in [0.5, 0.6) is 11.5 Å². The Labute approximate surface area is 208 Å². The Bertz CT molecular complexity index is 1400. The van der Waals surface area contributed by atoms with Gasteiger partial charge in [0.05, 0.1) is 0 Å². The molecular weight excluding hydrogens is 460 g/mol. The number of hydrogen-bond donors (Lipinski definition) is 1. The van der Waals surface area contributed by atoms with Crippen molar-refractivity contribution in [2.24, 2.45) is 0 Å². The highest BCUT2D eigenvalue weighted by Crippen LogP contribution is 2.35. The van der Waals surface area contributed by atoms with E-state index in [1.165, 1.54) is 43.5 Å². The van der Waals surface area contributed by atoms with Gasteiger partial charge in [0.1, 0.15) is 18.1 Å². The zero-order valence-electron chi connectivity index (χ0n) is 19.8. The van der Waals surface area contributed by atoms with Gasteiger partial charge in [-0.3, -0.25) is 9.69 Å². The summed E-state index contributed by atoms with van der Waals surface area (Å²) in [5, 5.41) is 11.1. The summed E-state index contributed by atoms with van der Waals surface area (Å²) in [6.45, 7) is 3.65. The zero-order valence-corrected chi connectivity index (χ0v) is 19.8. The molecule has 36 heavy (non-hydrogen) atoms. The fourth-order valence-corrected chi connectivity index (χ4v) is 4.82. The number of likely N-dealkylation sites (tertiary alicyclic amines) is 1. The number of halogens is 2. The van der Waals surface area contributed by atoms with Crippen LogP contribution in [0.1, 0.15) is 35.2 Å². The number of aromatic hydroxyl groups is 1. The fourth-order valence-electron chi connectivity index (χ4n) is 4.82. The van der Waals surface area contributed by atoms with Crippen LogP contribution in [-0.2, 0) is 0 Å². The van der Waals surface area contributed by atoms with Gasteiger partial charge in [0, 0.05) is 23.2 Å². The van der Waals surface area contributed by atoms with Crippen molar-refractivity contribution in [2.45, 2.75) is 19.3 Å². The second-order valence-electron chi connectivity index (χ2n) is 9.10. The van der Waals surface area contributed by atoms with Crippen LogP contribution in [0.15, 0.2) is 72.8 Å². The molecule has 1 N–H and O–H groups in total. The van der Waals surface area contributed by atoms with Gasteiger partial charge in [-0.1, -0.05) is 30.7 Å². The lowest BCUT2D eigenvalue weighted by Crippen LogP contribution is -2.33. The molecule has 0 aromatic heterocycles. The van der Waals surface area contributed by atoms with Crippen LogP contribution in [0.3, 0.4) is 0 Å². The number of nitrogens with zero attached hydrogens (tertiary/aromatic N) is 1. The number of ether oxygens (including phenoxy) is 1. The SMILES string of the molecule is O=C(c1ccc(OCCN2CCCCC2)cc1)c1c(-c2cccc(F)c2F)ccc2cc(O)ccc12. The van der Waals surface area contributed by atoms with Crippen LogP contribution in [0, 0.1) is 11.6 Å². The molecule has 0 atom stereocenters. The van der Waals surface area contributed by atoms with Crippen LogP contribution in [-0.4, -0.2) is 42.0 Å². The molecule has 4 nitrogen and oxygen atoms in total. The molecule has 1 fully saturated rings. The molecule has 1 aliphatic rings. The number of benzene rings is 4. The Morgan fingerprint density at radius 1 is 0.889 bits per heavy atom. The van der Waals surface area contributed by atoms with Crippen LogP contribution in [0.2, 0.25) is 0 Å². The molecule has 4 aromatic carbocycles. The van der Waals surface area contributed by atoms with Gasteiger partial charge in [0.2, 0.25) is 0 Å². The average Bonchev–Trinajstić information content (AvgIpc) is 2.90. The minimum absolute atomic E-state index is 0.00555. The molecule has 1 aliphatic heterocycles. The van der Waals surface area contributed by atoms with E-state index in [1.54, 1.807) is 42.5 Å². The van der Waals surface area contributed by atoms with Crippen molar-refractivity contribution >= 4 is 16.6 Å². The van der Waals surface area contributed by atoms with Crippen molar-refractivity contribution in [1.82, 2.24) is 4.90 Å². The summed E-state index contributed by atoms with van der Waals surface area (Å²) in [6.07, 6.45) is 3.75. The van der Waals surface area contributed by atoms with E-state index in [0.717, 1.165) is 25.7 Å². The summed E-state index contributed by atoms with van der Waals surface area (Å²) in [5.74, 6) is -1.60. The van der Waals surface area contributed by atoms with Crippen molar-refractivity contribution in [3.63, 3.8) is 0 Å². The minimum Gasteiger partial charge on any atom is -0.508 e. The normalized spacial score (nSPS) is 14.2. The zero-order chi connectivity index (χ0) is 25.1. The molecule has 6 heteroatoms. The van der Waals surface area contributed by atoms with E-state index < -0.39 is 11.6 Å². The van der Waals surface area contributed by atoms with Crippen molar-refractivity contribution in [2.75, 3.05) is 26.2 Å². The van der Waals surface area contributed by atoms with Gasteiger partial charge in [-0.2, -0.15) is 0 Å². The molecule has 0 bridgehead atoms.